The van der Waals surface area contributed by atoms with Crippen molar-refractivity contribution in [1.82, 2.24) is 4.98 Å². The number of rotatable bonds is 8. The van der Waals surface area contributed by atoms with Crippen LogP contribution in [0, 0.1) is 5.41 Å². The Hall–Kier alpha value is -1.29. The molecule has 1 heterocycles. The van der Waals surface area contributed by atoms with Crippen molar-refractivity contribution < 1.29 is 4.74 Å². The van der Waals surface area contributed by atoms with Crippen molar-refractivity contribution in [2.45, 2.75) is 27.2 Å². The van der Waals surface area contributed by atoms with Gasteiger partial charge in [-0.2, -0.15) is 0 Å². The molecule has 1 aromatic heterocycles. The quantitative estimate of drug-likeness (QED) is 0.745. The lowest BCUT2D eigenvalue weighted by Gasteiger charge is -2.25. The maximum absolute atomic E-state index is 5.13. The molecular formula is C14H25N3O. The van der Waals surface area contributed by atoms with Gasteiger partial charge in [-0.05, 0) is 24.8 Å². The van der Waals surface area contributed by atoms with Crippen molar-refractivity contribution in [3.8, 4) is 0 Å². The van der Waals surface area contributed by atoms with E-state index in [4.69, 9.17) is 4.74 Å². The van der Waals surface area contributed by atoms with Gasteiger partial charge in [0, 0.05) is 44.8 Å². The second-order valence-corrected chi connectivity index (χ2v) is 5.22. The molecule has 4 heteroatoms. The summed E-state index contributed by atoms with van der Waals surface area (Å²) in [5.74, 6) is 0.914. The Morgan fingerprint density at radius 1 is 1.33 bits per heavy atom. The topological polar surface area (TPSA) is 46.2 Å². The fourth-order valence-electron chi connectivity index (χ4n) is 1.63. The highest BCUT2D eigenvalue weighted by Crippen LogP contribution is 2.21. The van der Waals surface area contributed by atoms with E-state index in [9.17, 15) is 0 Å². The second-order valence-electron chi connectivity index (χ2n) is 5.22. The molecule has 18 heavy (non-hydrogen) atoms. The number of aromatic nitrogens is 1. The first-order chi connectivity index (χ1) is 8.57. The number of anilines is 2. The Morgan fingerprint density at radius 3 is 2.78 bits per heavy atom. The van der Waals surface area contributed by atoms with Crippen molar-refractivity contribution in [2.75, 3.05) is 37.4 Å². The molecule has 0 saturated heterocycles. The van der Waals surface area contributed by atoms with E-state index in [-0.39, 0.29) is 5.41 Å². The predicted octanol–water partition coefficient (Wildman–Crippen LogP) is 2.99. The molecule has 102 valence electrons. The molecular weight excluding hydrogens is 226 g/mol. The average Bonchev–Trinajstić information content (AvgIpc) is 2.35. The minimum absolute atomic E-state index is 0.220. The molecule has 0 spiro atoms. The Bertz CT molecular complexity index is 353. The van der Waals surface area contributed by atoms with Gasteiger partial charge in [0.05, 0.1) is 0 Å². The van der Waals surface area contributed by atoms with Crippen LogP contribution in [0.5, 0.6) is 0 Å². The maximum Gasteiger partial charge on any atom is 0.127 e. The summed E-state index contributed by atoms with van der Waals surface area (Å²) in [4.78, 5) is 4.25. The van der Waals surface area contributed by atoms with Crippen LogP contribution in [0.2, 0.25) is 0 Å². The van der Waals surface area contributed by atoms with Gasteiger partial charge in [0.1, 0.15) is 5.82 Å². The first-order valence-corrected chi connectivity index (χ1v) is 6.50. The van der Waals surface area contributed by atoms with Gasteiger partial charge in [0.2, 0.25) is 0 Å². The first-order valence-electron chi connectivity index (χ1n) is 6.50. The number of nitrogens with one attached hydrogen (secondary N) is 2. The molecule has 4 nitrogen and oxygen atoms in total. The summed E-state index contributed by atoms with van der Waals surface area (Å²) >= 11 is 0. The fourth-order valence-corrected chi connectivity index (χ4v) is 1.63. The zero-order valence-corrected chi connectivity index (χ0v) is 11.9. The van der Waals surface area contributed by atoms with Gasteiger partial charge < -0.3 is 15.4 Å². The molecule has 0 aromatic carbocycles. The third-order valence-corrected chi connectivity index (χ3v) is 2.87. The van der Waals surface area contributed by atoms with Gasteiger partial charge in [-0.25, -0.2) is 4.98 Å². The molecule has 0 radical (unpaired) electrons. The number of ether oxygens (including phenoxy) is 1. The minimum Gasteiger partial charge on any atom is -0.385 e. The highest BCUT2D eigenvalue weighted by Gasteiger charge is 2.17. The standard InChI is InChI=1S/C14H25N3O/c1-5-15-13-10-12(6-8-16-13)17-11-14(2,3)7-9-18-4/h6,8,10H,5,7,9,11H2,1-4H3,(H2,15,16,17). The van der Waals surface area contributed by atoms with Crippen LogP contribution in [-0.4, -0.2) is 31.8 Å². The number of hydrogen-bond acceptors (Lipinski definition) is 4. The van der Waals surface area contributed by atoms with E-state index < -0.39 is 0 Å². The molecule has 0 atom stereocenters. The summed E-state index contributed by atoms with van der Waals surface area (Å²) in [6, 6.07) is 4.03. The third-order valence-electron chi connectivity index (χ3n) is 2.87. The molecule has 0 aliphatic rings. The van der Waals surface area contributed by atoms with Gasteiger partial charge >= 0.3 is 0 Å². The van der Waals surface area contributed by atoms with Crippen molar-refractivity contribution in [1.29, 1.82) is 0 Å². The lowest BCUT2D eigenvalue weighted by atomic mass is 9.89. The first kappa shape index (κ1) is 14.8. The Morgan fingerprint density at radius 2 is 2.11 bits per heavy atom. The van der Waals surface area contributed by atoms with Crippen LogP contribution in [0.15, 0.2) is 18.3 Å². The van der Waals surface area contributed by atoms with Crippen LogP contribution < -0.4 is 10.6 Å². The maximum atomic E-state index is 5.13. The lowest BCUT2D eigenvalue weighted by Crippen LogP contribution is -2.24. The van der Waals surface area contributed by atoms with E-state index in [1.165, 1.54) is 0 Å². The van der Waals surface area contributed by atoms with Crippen LogP contribution in [0.3, 0.4) is 0 Å². The highest BCUT2D eigenvalue weighted by atomic mass is 16.5. The van der Waals surface area contributed by atoms with Crippen LogP contribution >= 0.6 is 0 Å². The molecule has 1 rings (SSSR count). The molecule has 0 aliphatic carbocycles. The number of pyridine rings is 1. The lowest BCUT2D eigenvalue weighted by molar-refractivity contribution is 0.157. The van der Waals surface area contributed by atoms with Gasteiger partial charge in [0.25, 0.3) is 0 Å². The van der Waals surface area contributed by atoms with Crippen molar-refractivity contribution in [2.24, 2.45) is 5.41 Å². The van der Waals surface area contributed by atoms with Crippen molar-refractivity contribution in [3.63, 3.8) is 0 Å². The Balaban J connectivity index is 2.49. The SMILES string of the molecule is CCNc1cc(NCC(C)(C)CCOC)ccn1. The Labute approximate surface area is 110 Å². The van der Waals surface area contributed by atoms with E-state index in [1.54, 1.807) is 7.11 Å². The van der Waals surface area contributed by atoms with Gasteiger partial charge in [-0.15, -0.1) is 0 Å². The summed E-state index contributed by atoms with van der Waals surface area (Å²) in [5.41, 5.74) is 1.32. The van der Waals surface area contributed by atoms with Gasteiger partial charge in [0.15, 0.2) is 0 Å². The average molecular weight is 251 g/mol. The summed E-state index contributed by atoms with van der Waals surface area (Å²) < 4.78 is 5.13. The smallest absolute Gasteiger partial charge is 0.127 e. The van der Waals surface area contributed by atoms with Crippen LogP contribution in [0.1, 0.15) is 27.2 Å². The second kappa shape index (κ2) is 7.21. The highest BCUT2D eigenvalue weighted by molar-refractivity contribution is 5.51. The van der Waals surface area contributed by atoms with E-state index in [1.807, 2.05) is 18.3 Å². The summed E-state index contributed by atoms with van der Waals surface area (Å²) in [6.07, 6.45) is 2.87. The summed E-state index contributed by atoms with van der Waals surface area (Å²) in [6.45, 7) is 9.15. The number of hydrogen-bond donors (Lipinski definition) is 2. The fraction of sp³-hybridized carbons (Fsp3) is 0.643. The van der Waals surface area contributed by atoms with E-state index in [0.29, 0.717) is 0 Å². The van der Waals surface area contributed by atoms with E-state index in [0.717, 1.165) is 37.6 Å². The monoisotopic (exact) mass is 251 g/mol. The molecule has 0 unspecified atom stereocenters. The predicted molar refractivity (Wildman–Crippen MR) is 77.2 cm³/mol. The van der Waals surface area contributed by atoms with Crippen molar-refractivity contribution >= 4 is 11.5 Å². The largest absolute Gasteiger partial charge is 0.385 e. The number of methoxy groups -OCH3 is 1. The molecule has 0 bridgehead atoms. The summed E-state index contributed by atoms with van der Waals surface area (Å²) in [7, 11) is 1.75. The molecule has 2 N–H and O–H groups in total. The van der Waals surface area contributed by atoms with Crippen molar-refractivity contribution in [3.05, 3.63) is 18.3 Å². The van der Waals surface area contributed by atoms with E-state index in [2.05, 4.69) is 36.4 Å². The van der Waals surface area contributed by atoms with Crippen LogP contribution in [0.4, 0.5) is 11.5 Å². The third kappa shape index (κ3) is 5.36. The zero-order valence-electron chi connectivity index (χ0n) is 11.9. The molecule has 0 fully saturated rings. The molecule has 0 saturated carbocycles. The summed E-state index contributed by atoms with van der Waals surface area (Å²) in [5, 5.41) is 6.67. The normalized spacial score (nSPS) is 11.3. The molecule has 1 aromatic rings. The van der Waals surface area contributed by atoms with Crippen LogP contribution in [0.25, 0.3) is 0 Å². The number of nitrogens with zero attached hydrogens (tertiary/aromatic N) is 1. The molecule has 0 amide bonds. The molecule has 0 aliphatic heterocycles. The van der Waals surface area contributed by atoms with E-state index >= 15 is 0 Å². The Kier molecular flexibility index (Phi) is 5.92. The van der Waals surface area contributed by atoms with Crippen LogP contribution in [-0.2, 0) is 4.74 Å². The van der Waals surface area contributed by atoms with Gasteiger partial charge in [-0.3, -0.25) is 0 Å². The van der Waals surface area contributed by atoms with Gasteiger partial charge in [-0.1, -0.05) is 13.8 Å². The minimum atomic E-state index is 0.220. The zero-order chi connectivity index (χ0) is 13.4.